The third-order valence-electron chi connectivity index (χ3n) is 2.46. The van der Waals surface area contributed by atoms with Crippen molar-refractivity contribution >= 4 is 5.82 Å². The molecular formula is C10H20N4. The molecule has 0 saturated heterocycles. The van der Waals surface area contributed by atoms with Crippen LogP contribution in [0.4, 0.5) is 5.82 Å². The van der Waals surface area contributed by atoms with Crippen molar-refractivity contribution in [2.24, 2.45) is 0 Å². The van der Waals surface area contributed by atoms with Crippen LogP contribution in [0.1, 0.15) is 26.5 Å². The number of nitrogen functional groups attached to an aromatic ring is 1. The first kappa shape index (κ1) is 11.0. The third kappa shape index (κ3) is 2.48. The number of nitrogens with two attached hydrogens (primary N) is 1. The van der Waals surface area contributed by atoms with Gasteiger partial charge < -0.3 is 5.73 Å². The fraction of sp³-hybridized carbons (Fsp3) is 0.700. The minimum Gasteiger partial charge on any atom is -0.382 e. The molecule has 0 radical (unpaired) electrons. The number of rotatable bonds is 5. The first-order valence-corrected chi connectivity index (χ1v) is 5.25. The average molecular weight is 196 g/mol. The van der Waals surface area contributed by atoms with Gasteiger partial charge in [-0.05, 0) is 20.0 Å². The number of nitrogens with zero attached hydrogens (tertiary/aromatic N) is 3. The van der Waals surface area contributed by atoms with Gasteiger partial charge in [-0.3, -0.25) is 9.58 Å². The fourth-order valence-electron chi connectivity index (χ4n) is 1.56. The van der Waals surface area contributed by atoms with Gasteiger partial charge in [0.15, 0.2) is 0 Å². The SMILES string of the molecule is CCN(CC)Cc1cc(N)nn1CC. The molecule has 0 aliphatic rings. The van der Waals surface area contributed by atoms with Crippen LogP contribution >= 0.6 is 0 Å². The molecule has 0 unspecified atom stereocenters. The Morgan fingerprint density at radius 1 is 1.36 bits per heavy atom. The predicted octanol–water partition coefficient (Wildman–Crippen LogP) is 1.33. The van der Waals surface area contributed by atoms with Gasteiger partial charge in [0.05, 0.1) is 5.69 Å². The largest absolute Gasteiger partial charge is 0.382 e. The Kier molecular flexibility index (Phi) is 3.95. The molecule has 2 N–H and O–H groups in total. The number of aryl methyl sites for hydroxylation is 1. The van der Waals surface area contributed by atoms with Gasteiger partial charge in [-0.25, -0.2) is 0 Å². The minimum absolute atomic E-state index is 0.619. The van der Waals surface area contributed by atoms with E-state index in [2.05, 4.69) is 30.8 Å². The lowest BCUT2D eigenvalue weighted by Crippen LogP contribution is -2.23. The summed E-state index contributed by atoms with van der Waals surface area (Å²) in [5, 5.41) is 4.22. The standard InChI is InChI=1S/C10H20N4/c1-4-13(5-2)8-9-7-10(11)12-14(9)6-3/h7H,4-6,8H2,1-3H3,(H2,11,12). The number of hydrogen-bond donors (Lipinski definition) is 1. The zero-order valence-electron chi connectivity index (χ0n) is 9.32. The van der Waals surface area contributed by atoms with E-state index in [9.17, 15) is 0 Å². The van der Waals surface area contributed by atoms with Crippen molar-refractivity contribution in [1.82, 2.24) is 14.7 Å². The Hall–Kier alpha value is -1.03. The molecular weight excluding hydrogens is 176 g/mol. The first-order chi connectivity index (χ1) is 6.71. The van der Waals surface area contributed by atoms with E-state index in [1.165, 1.54) is 5.69 Å². The van der Waals surface area contributed by atoms with Crippen molar-refractivity contribution in [1.29, 1.82) is 0 Å². The molecule has 1 aromatic heterocycles. The Labute approximate surface area is 85.7 Å². The lowest BCUT2D eigenvalue weighted by molar-refractivity contribution is 0.286. The van der Waals surface area contributed by atoms with Crippen molar-refractivity contribution < 1.29 is 0 Å². The summed E-state index contributed by atoms with van der Waals surface area (Å²) in [5.74, 6) is 0.619. The van der Waals surface area contributed by atoms with Crippen LogP contribution in [0.2, 0.25) is 0 Å². The number of aromatic nitrogens is 2. The van der Waals surface area contributed by atoms with E-state index in [-0.39, 0.29) is 0 Å². The highest BCUT2D eigenvalue weighted by Crippen LogP contribution is 2.09. The van der Waals surface area contributed by atoms with Crippen molar-refractivity contribution in [3.8, 4) is 0 Å². The highest BCUT2D eigenvalue weighted by atomic mass is 15.3. The van der Waals surface area contributed by atoms with Gasteiger partial charge in [0.25, 0.3) is 0 Å². The van der Waals surface area contributed by atoms with E-state index >= 15 is 0 Å². The fourth-order valence-corrected chi connectivity index (χ4v) is 1.56. The zero-order chi connectivity index (χ0) is 10.6. The maximum Gasteiger partial charge on any atom is 0.145 e. The van der Waals surface area contributed by atoms with Crippen LogP contribution in [0.15, 0.2) is 6.07 Å². The minimum atomic E-state index is 0.619. The molecule has 14 heavy (non-hydrogen) atoms. The Bertz CT molecular complexity index is 276. The van der Waals surface area contributed by atoms with Crippen LogP contribution in [0.5, 0.6) is 0 Å². The summed E-state index contributed by atoms with van der Waals surface area (Å²) in [6.45, 7) is 10.4. The molecule has 80 valence electrons. The average Bonchev–Trinajstić information content (AvgIpc) is 2.55. The van der Waals surface area contributed by atoms with Crippen molar-refractivity contribution in [3.05, 3.63) is 11.8 Å². The Morgan fingerprint density at radius 2 is 2.00 bits per heavy atom. The second-order valence-corrected chi connectivity index (χ2v) is 3.34. The van der Waals surface area contributed by atoms with Crippen LogP contribution < -0.4 is 5.73 Å². The van der Waals surface area contributed by atoms with Gasteiger partial charge in [-0.1, -0.05) is 13.8 Å². The maximum absolute atomic E-state index is 5.66. The molecule has 0 aliphatic carbocycles. The predicted molar refractivity (Wildman–Crippen MR) is 58.9 cm³/mol. The normalized spacial score (nSPS) is 11.1. The highest BCUT2D eigenvalue weighted by Gasteiger charge is 2.07. The summed E-state index contributed by atoms with van der Waals surface area (Å²) in [6, 6.07) is 1.96. The van der Waals surface area contributed by atoms with Gasteiger partial charge in [-0.2, -0.15) is 5.10 Å². The Morgan fingerprint density at radius 3 is 2.50 bits per heavy atom. The molecule has 4 nitrogen and oxygen atoms in total. The third-order valence-corrected chi connectivity index (χ3v) is 2.46. The first-order valence-electron chi connectivity index (χ1n) is 5.25. The van der Waals surface area contributed by atoms with E-state index in [1.807, 2.05) is 10.7 Å². The van der Waals surface area contributed by atoms with Gasteiger partial charge >= 0.3 is 0 Å². The molecule has 0 bridgehead atoms. The van der Waals surface area contributed by atoms with E-state index in [0.717, 1.165) is 26.2 Å². The van der Waals surface area contributed by atoms with Gasteiger partial charge in [0.2, 0.25) is 0 Å². The number of anilines is 1. The maximum atomic E-state index is 5.66. The van der Waals surface area contributed by atoms with Crippen molar-refractivity contribution in [2.45, 2.75) is 33.9 Å². The summed E-state index contributed by atoms with van der Waals surface area (Å²) in [5.41, 5.74) is 6.87. The second kappa shape index (κ2) is 5.00. The van der Waals surface area contributed by atoms with E-state index < -0.39 is 0 Å². The number of hydrogen-bond acceptors (Lipinski definition) is 3. The zero-order valence-corrected chi connectivity index (χ0v) is 9.32. The topological polar surface area (TPSA) is 47.1 Å². The molecule has 0 saturated carbocycles. The molecule has 1 rings (SSSR count). The quantitative estimate of drug-likeness (QED) is 0.772. The summed E-state index contributed by atoms with van der Waals surface area (Å²) in [4.78, 5) is 2.35. The van der Waals surface area contributed by atoms with Crippen LogP contribution in [-0.2, 0) is 13.1 Å². The highest BCUT2D eigenvalue weighted by molar-refractivity contribution is 5.29. The smallest absolute Gasteiger partial charge is 0.145 e. The van der Waals surface area contributed by atoms with E-state index in [0.29, 0.717) is 5.82 Å². The molecule has 0 atom stereocenters. The molecule has 4 heteroatoms. The monoisotopic (exact) mass is 196 g/mol. The summed E-state index contributed by atoms with van der Waals surface area (Å²) < 4.78 is 1.97. The van der Waals surface area contributed by atoms with Crippen LogP contribution in [0.3, 0.4) is 0 Å². The van der Waals surface area contributed by atoms with Crippen molar-refractivity contribution in [3.63, 3.8) is 0 Å². The molecule has 0 amide bonds. The molecule has 0 fully saturated rings. The molecule has 0 aliphatic heterocycles. The summed E-state index contributed by atoms with van der Waals surface area (Å²) in [6.07, 6.45) is 0. The molecule has 1 heterocycles. The second-order valence-electron chi connectivity index (χ2n) is 3.34. The lowest BCUT2D eigenvalue weighted by Gasteiger charge is -2.18. The lowest BCUT2D eigenvalue weighted by atomic mass is 10.3. The van der Waals surface area contributed by atoms with Crippen LogP contribution in [-0.4, -0.2) is 27.8 Å². The van der Waals surface area contributed by atoms with Gasteiger partial charge in [0.1, 0.15) is 5.82 Å². The van der Waals surface area contributed by atoms with E-state index in [1.54, 1.807) is 0 Å². The van der Waals surface area contributed by atoms with Crippen LogP contribution in [0.25, 0.3) is 0 Å². The van der Waals surface area contributed by atoms with E-state index in [4.69, 9.17) is 5.73 Å². The Balaban J connectivity index is 2.73. The molecule has 0 aromatic carbocycles. The van der Waals surface area contributed by atoms with Crippen molar-refractivity contribution in [2.75, 3.05) is 18.8 Å². The van der Waals surface area contributed by atoms with Gasteiger partial charge in [0, 0.05) is 19.2 Å². The summed E-state index contributed by atoms with van der Waals surface area (Å²) >= 11 is 0. The molecule has 1 aromatic rings. The molecule has 0 spiro atoms. The summed E-state index contributed by atoms with van der Waals surface area (Å²) in [7, 11) is 0. The van der Waals surface area contributed by atoms with Gasteiger partial charge in [-0.15, -0.1) is 0 Å². The van der Waals surface area contributed by atoms with Crippen LogP contribution in [0, 0.1) is 0 Å².